The van der Waals surface area contributed by atoms with Crippen molar-refractivity contribution in [3.8, 4) is 0 Å². The summed E-state index contributed by atoms with van der Waals surface area (Å²) in [6.07, 6.45) is 2.15. The molecular weight excluding hydrogens is 332 g/mol. The molecule has 2 N–H and O–H groups in total. The van der Waals surface area contributed by atoms with Crippen molar-refractivity contribution < 1.29 is 0 Å². The molecule has 1 unspecified atom stereocenters. The minimum atomic E-state index is 0.0884. The Bertz CT molecular complexity index is 716. The number of nitrogens with one attached hydrogen (secondary N) is 2. The summed E-state index contributed by atoms with van der Waals surface area (Å²) in [5, 5.41) is 17.5. The fourth-order valence-electron chi connectivity index (χ4n) is 3.21. The summed E-state index contributed by atoms with van der Waals surface area (Å²) in [7, 11) is 1.83. The van der Waals surface area contributed by atoms with E-state index in [0.29, 0.717) is 5.92 Å². The molecule has 6 nitrogen and oxygen atoms in total. The van der Waals surface area contributed by atoms with Crippen LogP contribution in [0.5, 0.6) is 0 Å². The zero-order chi connectivity index (χ0) is 17.9. The second kappa shape index (κ2) is 7.56. The number of hydrogen-bond donors (Lipinski definition) is 2. The lowest BCUT2D eigenvalue weighted by Gasteiger charge is -2.27. The number of guanidine groups is 1. The quantitative estimate of drug-likeness (QED) is 0.634. The first kappa shape index (κ1) is 17.9. The Labute approximate surface area is 153 Å². The smallest absolute Gasteiger partial charge is 0.191 e. The maximum absolute atomic E-state index is 4.38. The van der Waals surface area contributed by atoms with Crippen molar-refractivity contribution in [2.75, 3.05) is 20.1 Å². The van der Waals surface area contributed by atoms with Gasteiger partial charge in [-0.15, -0.1) is 21.5 Å². The summed E-state index contributed by atoms with van der Waals surface area (Å²) in [5.74, 6) is 3.58. The Balaban J connectivity index is 1.49. The van der Waals surface area contributed by atoms with Crippen molar-refractivity contribution in [3.05, 3.63) is 34.0 Å². The van der Waals surface area contributed by atoms with E-state index in [1.807, 2.05) is 14.0 Å². The standard InChI is InChI=1S/C18H28N6S/c1-13-22-23-16-8-7-14(11-24(13)16)10-20-17(19-4)21-12-18(2,3)15-6-5-9-25-15/h5-6,9,14H,7-8,10-12H2,1-4H3,(H2,19,20,21). The third-order valence-electron chi connectivity index (χ3n) is 4.90. The normalized spacial score (nSPS) is 18.1. The second-order valence-corrected chi connectivity index (χ2v) is 8.29. The molecule has 1 aliphatic heterocycles. The van der Waals surface area contributed by atoms with Crippen LogP contribution in [0.4, 0.5) is 0 Å². The summed E-state index contributed by atoms with van der Waals surface area (Å²) in [6.45, 7) is 9.30. The van der Waals surface area contributed by atoms with Crippen molar-refractivity contribution in [2.24, 2.45) is 10.9 Å². The van der Waals surface area contributed by atoms with Crippen molar-refractivity contribution in [1.82, 2.24) is 25.4 Å². The van der Waals surface area contributed by atoms with E-state index < -0.39 is 0 Å². The molecule has 0 spiro atoms. The SMILES string of the molecule is CN=C(NCC1CCc2nnc(C)n2C1)NCC(C)(C)c1cccs1. The topological polar surface area (TPSA) is 67.1 Å². The highest BCUT2D eigenvalue weighted by Gasteiger charge is 2.23. The Kier molecular flexibility index (Phi) is 5.42. The number of hydrogen-bond acceptors (Lipinski definition) is 4. The number of aryl methyl sites for hydroxylation is 2. The maximum Gasteiger partial charge on any atom is 0.191 e. The van der Waals surface area contributed by atoms with E-state index in [0.717, 1.165) is 50.1 Å². The maximum atomic E-state index is 4.38. The predicted molar refractivity (Wildman–Crippen MR) is 103 cm³/mol. The zero-order valence-electron chi connectivity index (χ0n) is 15.5. The Morgan fingerprint density at radius 3 is 2.96 bits per heavy atom. The highest BCUT2D eigenvalue weighted by atomic mass is 32.1. The number of aliphatic imine (C=N–C) groups is 1. The molecule has 136 valence electrons. The van der Waals surface area contributed by atoms with Gasteiger partial charge in [-0.25, -0.2) is 0 Å². The van der Waals surface area contributed by atoms with Crippen LogP contribution in [-0.2, 0) is 18.4 Å². The lowest BCUT2D eigenvalue weighted by atomic mass is 9.91. The highest BCUT2D eigenvalue weighted by Crippen LogP contribution is 2.26. The fourth-order valence-corrected chi connectivity index (χ4v) is 4.07. The summed E-state index contributed by atoms with van der Waals surface area (Å²) < 4.78 is 2.24. The molecule has 1 aliphatic rings. The largest absolute Gasteiger partial charge is 0.356 e. The van der Waals surface area contributed by atoms with E-state index >= 15 is 0 Å². The molecular formula is C18H28N6S. The van der Waals surface area contributed by atoms with Crippen LogP contribution in [0.15, 0.2) is 22.5 Å². The van der Waals surface area contributed by atoms with E-state index in [1.165, 1.54) is 4.88 Å². The third kappa shape index (κ3) is 4.21. The first-order chi connectivity index (χ1) is 12.0. The van der Waals surface area contributed by atoms with E-state index in [-0.39, 0.29) is 5.41 Å². The van der Waals surface area contributed by atoms with Crippen LogP contribution in [0.2, 0.25) is 0 Å². The van der Waals surface area contributed by atoms with Gasteiger partial charge in [-0.05, 0) is 30.7 Å². The number of thiophene rings is 1. The average Bonchev–Trinajstić information content (AvgIpc) is 3.26. The Hall–Kier alpha value is -1.89. The molecule has 0 radical (unpaired) electrons. The summed E-state index contributed by atoms with van der Waals surface area (Å²) >= 11 is 1.81. The van der Waals surface area contributed by atoms with Gasteiger partial charge in [0.05, 0.1) is 0 Å². The molecule has 0 amide bonds. The number of rotatable bonds is 5. The van der Waals surface area contributed by atoms with Crippen LogP contribution >= 0.6 is 11.3 Å². The molecule has 0 saturated carbocycles. The van der Waals surface area contributed by atoms with Gasteiger partial charge in [0.1, 0.15) is 11.6 Å². The van der Waals surface area contributed by atoms with Crippen LogP contribution in [0.3, 0.4) is 0 Å². The van der Waals surface area contributed by atoms with Gasteiger partial charge < -0.3 is 15.2 Å². The fraction of sp³-hybridized carbons (Fsp3) is 0.611. The second-order valence-electron chi connectivity index (χ2n) is 7.35. The minimum absolute atomic E-state index is 0.0884. The molecule has 0 aliphatic carbocycles. The molecule has 3 rings (SSSR count). The highest BCUT2D eigenvalue weighted by molar-refractivity contribution is 7.10. The molecule has 0 saturated heterocycles. The van der Waals surface area contributed by atoms with Crippen molar-refractivity contribution in [3.63, 3.8) is 0 Å². The molecule has 2 aromatic rings. The van der Waals surface area contributed by atoms with Crippen molar-refractivity contribution in [2.45, 2.75) is 45.6 Å². The summed E-state index contributed by atoms with van der Waals surface area (Å²) in [6, 6.07) is 4.31. The molecule has 0 fully saturated rings. The van der Waals surface area contributed by atoms with Crippen molar-refractivity contribution >= 4 is 17.3 Å². The lowest BCUT2D eigenvalue weighted by molar-refractivity contribution is 0.358. The molecule has 7 heteroatoms. The van der Waals surface area contributed by atoms with Gasteiger partial charge >= 0.3 is 0 Å². The zero-order valence-corrected chi connectivity index (χ0v) is 16.4. The van der Waals surface area contributed by atoms with Crippen LogP contribution in [0, 0.1) is 12.8 Å². The molecule has 2 aromatic heterocycles. The Morgan fingerprint density at radius 1 is 1.40 bits per heavy atom. The monoisotopic (exact) mass is 360 g/mol. The van der Waals surface area contributed by atoms with E-state index in [4.69, 9.17) is 0 Å². The molecule has 0 aromatic carbocycles. The number of aromatic nitrogens is 3. The van der Waals surface area contributed by atoms with Gasteiger partial charge in [0.25, 0.3) is 0 Å². The van der Waals surface area contributed by atoms with Gasteiger partial charge in [-0.2, -0.15) is 0 Å². The number of nitrogens with zero attached hydrogens (tertiary/aromatic N) is 4. The van der Waals surface area contributed by atoms with E-state index in [1.54, 1.807) is 11.3 Å². The first-order valence-corrected chi connectivity index (χ1v) is 9.75. The Morgan fingerprint density at radius 2 is 2.24 bits per heavy atom. The molecule has 0 bridgehead atoms. The van der Waals surface area contributed by atoms with Gasteiger partial charge in [-0.3, -0.25) is 4.99 Å². The number of fused-ring (bicyclic) bond motifs is 1. The third-order valence-corrected chi connectivity index (χ3v) is 6.13. The van der Waals surface area contributed by atoms with Crippen LogP contribution < -0.4 is 10.6 Å². The van der Waals surface area contributed by atoms with Crippen molar-refractivity contribution in [1.29, 1.82) is 0 Å². The van der Waals surface area contributed by atoms with Crippen LogP contribution in [0.1, 0.15) is 36.8 Å². The van der Waals surface area contributed by atoms with E-state index in [2.05, 4.69) is 61.8 Å². The average molecular weight is 361 g/mol. The molecule has 3 heterocycles. The van der Waals surface area contributed by atoms with E-state index in [9.17, 15) is 0 Å². The first-order valence-electron chi connectivity index (χ1n) is 8.87. The van der Waals surface area contributed by atoms with Gasteiger partial charge in [0.2, 0.25) is 0 Å². The lowest BCUT2D eigenvalue weighted by Crippen LogP contribution is -2.45. The van der Waals surface area contributed by atoms with Crippen LogP contribution in [0.25, 0.3) is 0 Å². The van der Waals surface area contributed by atoms with Crippen LogP contribution in [-0.4, -0.2) is 40.9 Å². The molecule has 25 heavy (non-hydrogen) atoms. The summed E-state index contributed by atoms with van der Waals surface area (Å²) in [5.41, 5.74) is 0.0884. The minimum Gasteiger partial charge on any atom is -0.356 e. The van der Waals surface area contributed by atoms with Gasteiger partial charge in [-0.1, -0.05) is 19.9 Å². The van der Waals surface area contributed by atoms with Gasteiger partial charge in [0, 0.05) is 43.4 Å². The predicted octanol–water partition coefficient (Wildman–Crippen LogP) is 2.35. The summed E-state index contributed by atoms with van der Waals surface area (Å²) in [4.78, 5) is 5.76. The van der Waals surface area contributed by atoms with Gasteiger partial charge in [0.15, 0.2) is 5.96 Å². The molecule has 1 atom stereocenters.